The van der Waals surface area contributed by atoms with Gasteiger partial charge in [0.1, 0.15) is 5.75 Å². The van der Waals surface area contributed by atoms with Gasteiger partial charge in [-0.2, -0.15) is 0 Å². The monoisotopic (exact) mass is 291 g/mol. The maximum atomic E-state index is 6.31. The zero-order valence-corrected chi connectivity index (χ0v) is 13.0. The molecule has 0 saturated heterocycles. The fraction of sp³-hybridized carbons (Fsp3) is 0.294. The van der Waals surface area contributed by atoms with Crippen LogP contribution in [0.25, 0.3) is 0 Å². The van der Waals surface area contributed by atoms with Crippen molar-refractivity contribution in [1.29, 1.82) is 0 Å². The molecule has 3 heteroatoms. The quantitative estimate of drug-likeness (QED) is 0.830. The minimum Gasteiger partial charge on any atom is -0.468 e. The number of hydrogen-bond donors (Lipinski definition) is 1. The summed E-state index contributed by atoms with van der Waals surface area (Å²) in [5.41, 5.74) is 1.81. The second-order valence-corrected chi connectivity index (χ2v) is 4.66. The largest absolute Gasteiger partial charge is 0.468 e. The number of hydrogen-bond acceptors (Lipinski definition) is 2. The van der Waals surface area contributed by atoms with Crippen LogP contribution in [0.3, 0.4) is 0 Å². The molecule has 0 amide bonds. The molecule has 2 rings (SSSR count). The number of para-hydroxylation sites is 1. The molecule has 1 atom stereocenters. The second-order valence-electron chi connectivity index (χ2n) is 4.66. The molecule has 2 aromatic carbocycles. The van der Waals surface area contributed by atoms with Crippen LogP contribution < -0.4 is 10.1 Å². The smallest absolute Gasteiger partial charge is 0.186 e. The van der Waals surface area contributed by atoms with E-state index in [1.54, 1.807) is 0 Å². The van der Waals surface area contributed by atoms with Crippen LogP contribution in [0.1, 0.15) is 24.5 Å². The Morgan fingerprint density at radius 2 is 1.60 bits per heavy atom. The molecule has 0 radical (unpaired) electrons. The molecule has 0 saturated carbocycles. The van der Waals surface area contributed by atoms with E-state index < -0.39 is 5.72 Å². The normalized spacial score (nSPS) is 13.2. The Balaban J connectivity index is 0.00000200. The summed E-state index contributed by atoms with van der Waals surface area (Å²) in [6, 6.07) is 18.4. The van der Waals surface area contributed by atoms with E-state index in [2.05, 4.69) is 37.4 Å². The van der Waals surface area contributed by atoms with Crippen LogP contribution >= 0.6 is 12.4 Å². The molecule has 1 N–H and O–H groups in total. The minimum atomic E-state index is -0.479. The van der Waals surface area contributed by atoms with Crippen LogP contribution in [0.4, 0.5) is 0 Å². The molecule has 2 aromatic rings. The molecule has 108 valence electrons. The molecule has 0 aliphatic rings. The van der Waals surface area contributed by atoms with Crippen LogP contribution in [0.5, 0.6) is 5.75 Å². The van der Waals surface area contributed by atoms with Crippen LogP contribution in [0.15, 0.2) is 54.6 Å². The molecule has 0 spiro atoms. The molecule has 0 aliphatic heterocycles. The van der Waals surface area contributed by atoms with E-state index in [4.69, 9.17) is 4.74 Å². The number of nitrogens with one attached hydrogen (secondary N) is 1. The van der Waals surface area contributed by atoms with Crippen molar-refractivity contribution in [3.8, 4) is 5.75 Å². The first-order chi connectivity index (χ1) is 9.22. The number of aryl methyl sites for hydroxylation is 1. The molecule has 0 fully saturated rings. The topological polar surface area (TPSA) is 21.3 Å². The second kappa shape index (κ2) is 7.32. The maximum absolute atomic E-state index is 6.31. The van der Waals surface area contributed by atoms with Crippen molar-refractivity contribution in [3.63, 3.8) is 0 Å². The van der Waals surface area contributed by atoms with Gasteiger partial charge in [0.15, 0.2) is 5.72 Å². The summed E-state index contributed by atoms with van der Waals surface area (Å²) in [5, 5.41) is 3.34. The Kier molecular flexibility index (Phi) is 6.05. The zero-order valence-electron chi connectivity index (χ0n) is 12.2. The highest BCUT2D eigenvalue weighted by molar-refractivity contribution is 5.85. The van der Waals surface area contributed by atoms with Gasteiger partial charge >= 0.3 is 0 Å². The van der Waals surface area contributed by atoms with E-state index in [1.165, 1.54) is 0 Å². The first-order valence-corrected chi connectivity index (χ1v) is 6.71. The van der Waals surface area contributed by atoms with E-state index in [0.717, 1.165) is 23.3 Å². The number of halogens is 1. The summed E-state index contributed by atoms with van der Waals surface area (Å²) in [6.45, 7) is 4.19. The van der Waals surface area contributed by atoms with Crippen LogP contribution in [0.2, 0.25) is 0 Å². The lowest BCUT2D eigenvalue weighted by Gasteiger charge is -2.34. The lowest BCUT2D eigenvalue weighted by atomic mass is 9.99. The Bertz CT molecular complexity index is 524. The number of ether oxygens (including phenoxy) is 1. The van der Waals surface area contributed by atoms with Gasteiger partial charge in [-0.15, -0.1) is 12.4 Å². The van der Waals surface area contributed by atoms with Gasteiger partial charge in [-0.05, 0) is 25.6 Å². The Morgan fingerprint density at radius 3 is 2.15 bits per heavy atom. The average molecular weight is 292 g/mol. The van der Waals surface area contributed by atoms with E-state index >= 15 is 0 Å². The van der Waals surface area contributed by atoms with Crippen molar-refractivity contribution in [3.05, 3.63) is 65.7 Å². The molecule has 20 heavy (non-hydrogen) atoms. The van der Waals surface area contributed by atoms with E-state index in [1.807, 2.05) is 43.4 Å². The molecule has 0 heterocycles. The summed E-state index contributed by atoms with van der Waals surface area (Å²) in [6.07, 6.45) is 0.849. The van der Waals surface area contributed by atoms with Gasteiger partial charge in [-0.25, -0.2) is 0 Å². The maximum Gasteiger partial charge on any atom is 0.186 e. The van der Waals surface area contributed by atoms with Crippen LogP contribution in [-0.4, -0.2) is 7.05 Å². The van der Waals surface area contributed by atoms with Gasteiger partial charge in [0.05, 0.1) is 0 Å². The van der Waals surface area contributed by atoms with Gasteiger partial charge < -0.3 is 4.74 Å². The predicted octanol–water partition coefficient (Wildman–Crippen LogP) is 4.28. The SMILES string of the molecule is CCC(NC)(Oc1ccccc1C)c1ccccc1.Cl. The van der Waals surface area contributed by atoms with Crippen molar-refractivity contribution < 1.29 is 4.74 Å². The predicted molar refractivity (Wildman–Crippen MR) is 86.5 cm³/mol. The first kappa shape index (κ1) is 16.5. The molecule has 0 bridgehead atoms. The number of rotatable bonds is 5. The molecular formula is C17H22ClNO. The summed E-state index contributed by atoms with van der Waals surface area (Å²) < 4.78 is 6.31. The highest BCUT2D eigenvalue weighted by atomic mass is 35.5. The highest BCUT2D eigenvalue weighted by Gasteiger charge is 2.30. The molecule has 1 unspecified atom stereocenters. The lowest BCUT2D eigenvalue weighted by molar-refractivity contribution is 0.0319. The standard InChI is InChI=1S/C17H21NO.ClH/c1-4-17(18-3,15-11-6-5-7-12-15)19-16-13-9-8-10-14(16)2;/h5-13,18H,4H2,1-3H3;1H. The zero-order chi connectivity index (χ0) is 13.7. The van der Waals surface area contributed by atoms with Crippen molar-refractivity contribution in [1.82, 2.24) is 5.32 Å². The van der Waals surface area contributed by atoms with E-state index in [0.29, 0.717) is 0 Å². The van der Waals surface area contributed by atoms with E-state index in [-0.39, 0.29) is 12.4 Å². The lowest BCUT2D eigenvalue weighted by Crippen LogP contribution is -2.45. The summed E-state index contributed by atoms with van der Waals surface area (Å²) in [4.78, 5) is 0. The number of benzene rings is 2. The molecule has 0 aromatic heterocycles. The summed E-state index contributed by atoms with van der Waals surface area (Å²) >= 11 is 0. The summed E-state index contributed by atoms with van der Waals surface area (Å²) in [5.74, 6) is 0.919. The third kappa shape index (κ3) is 3.33. The molecular weight excluding hydrogens is 270 g/mol. The van der Waals surface area contributed by atoms with Crippen LogP contribution in [0, 0.1) is 6.92 Å². The third-order valence-electron chi connectivity index (χ3n) is 3.52. The Labute approximate surface area is 127 Å². The van der Waals surface area contributed by atoms with Gasteiger partial charge in [-0.1, -0.05) is 55.5 Å². The van der Waals surface area contributed by atoms with Gasteiger partial charge in [-0.3, -0.25) is 5.32 Å². The van der Waals surface area contributed by atoms with Crippen molar-refractivity contribution >= 4 is 12.4 Å². The van der Waals surface area contributed by atoms with Crippen molar-refractivity contribution in [2.75, 3.05) is 7.05 Å². The Hall–Kier alpha value is -1.51. The summed E-state index contributed by atoms with van der Waals surface area (Å²) in [7, 11) is 1.94. The van der Waals surface area contributed by atoms with E-state index in [9.17, 15) is 0 Å². The van der Waals surface area contributed by atoms with Gasteiger partial charge in [0.2, 0.25) is 0 Å². The highest BCUT2D eigenvalue weighted by Crippen LogP contribution is 2.30. The molecule has 0 aliphatic carbocycles. The average Bonchev–Trinajstić information content (AvgIpc) is 2.48. The van der Waals surface area contributed by atoms with Gasteiger partial charge in [0, 0.05) is 12.0 Å². The Morgan fingerprint density at radius 1 is 1.00 bits per heavy atom. The fourth-order valence-corrected chi connectivity index (χ4v) is 2.27. The van der Waals surface area contributed by atoms with Crippen molar-refractivity contribution in [2.45, 2.75) is 26.0 Å². The van der Waals surface area contributed by atoms with Gasteiger partial charge in [0.25, 0.3) is 0 Å². The fourth-order valence-electron chi connectivity index (χ4n) is 2.27. The minimum absolute atomic E-state index is 0. The van der Waals surface area contributed by atoms with Crippen LogP contribution in [-0.2, 0) is 5.72 Å². The third-order valence-corrected chi connectivity index (χ3v) is 3.52. The first-order valence-electron chi connectivity index (χ1n) is 6.71. The van der Waals surface area contributed by atoms with Crippen molar-refractivity contribution in [2.24, 2.45) is 0 Å². The molecule has 2 nitrogen and oxygen atoms in total.